The lowest BCUT2D eigenvalue weighted by Crippen LogP contribution is -2.36. The maximum atomic E-state index is 7.22. The van der Waals surface area contributed by atoms with Crippen LogP contribution < -0.4 is 5.73 Å². The van der Waals surface area contributed by atoms with Crippen LogP contribution in [-0.4, -0.2) is 23.8 Å². The number of fused-ring (bicyclic) bond motifs is 1. The van der Waals surface area contributed by atoms with E-state index in [1.807, 2.05) is 11.3 Å². The number of amidine groups is 1. The standard InChI is InChI=1S/C9H13N3S/c10-9(11)6-12-3-1-8-7(5-12)2-4-13-8/h2,4H,1,3,5-6H2,(H3,10,11). The van der Waals surface area contributed by atoms with Crippen LogP contribution in [0.15, 0.2) is 11.4 Å². The largest absolute Gasteiger partial charge is 0.387 e. The molecular weight excluding hydrogens is 182 g/mol. The molecule has 0 spiro atoms. The summed E-state index contributed by atoms with van der Waals surface area (Å²) in [5.41, 5.74) is 6.78. The Morgan fingerprint density at radius 3 is 3.31 bits per heavy atom. The van der Waals surface area contributed by atoms with Crippen molar-refractivity contribution in [3.05, 3.63) is 21.9 Å². The molecule has 0 amide bonds. The number of nitrogens with two attached hydrogens (primary N) is 1. The number of nitrogens with zero attached hydrogens (tertiary/aromatic N) is 1. The Hall–Kier alpha value is -0.870. The number of hydrogen-bond acceptors (Lipinski definition) is 3. The van der Waals surface area contributed by atoms with E-state index < -0.39 is 0 Å². The third-order valence-corrected chi connectivity index (χ3v) is 3.30. The Balaban J connectivity index is 2.04. The van der Waals surface area contributed by atoms with Crippen molar-refractivity contribution >= 4 is 17.2 Å². The fraction of sp³-hybridized carbons (Fsp3) is 0.444. The molecule has 1 aliphatic heterocycles. The fourth-order valence-electron chi connectivity index (χ4n) is 1.68. The smallest absolute Gasteiger partial charge is 0.105 e. The van der Waals surface area contributed by atoms with Crippen molar-refractivity contribution in [3.8, 4) is 0 Å². The number of thiophene rings is 1. The van der Waals surface area contributed by atoms with Gasteiger partial charge in [-0.1, -0.05) is 0 Å². The van der Waals surface area contributed by atoms with E-state index in [1.54, 1.807) is 0 Å². The van der Waals surface area contributed by atoms with Crippen LogP contribution in [0.5, 0.6) is 0 Å². The summed E-state index contributed by atoms with van der Waals surface area (Å²) in [6, 6.07) is 2.17. The Kier molecular flexibility index (Phi) is 2.33. The normalized spacial score (nSPS) is 16.9. The molecule has 2 heterocycles. The van der Waals surface area contributed by atoms with E-state index >= 15 is 0 Å². The van der Waals surface area contributed by atoms with E-state index in [4.69, 9.17) is 11.1 Å². The molecule has 2 rings (SSSR count). The van der Waals surface area contributed by atoms with Gasteiger partial charge in [-0.05, 0) is 23.4 Å². The molecule has 0 saturated carbocycles. The van der Waals surface area contributed by atoms with Gasteiger partial charge in [0.1, 0.15) is 5.84 Å². The number of hydrogen-bond donors (Lipinski definition) is 2. The van der Waals surface area contributed by atoms with Crippen molar-refractivity contribution in [1.29, 1.82) is 5.41 Å². The van der Waals surface area contributed by atoms with Crippen molar-refractivity contribution < 1.29 is 0 Å². The number of nitrogens with one attached hydrogen (secondary N) is 1. The summed E-state index contributed by atoms with van der Waals surface area (Å²) in [5, 5.41) is 9.36. The molecule has 1 aromatic heterocycles. The Bertz CT molecular complexity index is 318. The molecular formula is C9H13N3S. The van der Waals surface area contributed by atoms with E-state index in [0.717, 1.165) is 19.5 Å². The maximum Gasteiger partial charge on any atom is 0.105 e. The lowest BCUT2D eigenvalue weighted by molar-refractivity contribution is 0.291. The van der Waals surface area contributed by atoms with E-state index in [-0.39, 0.29) is 5.84 Å². The molecule has 70 valence electrons. The average molecular weight is 195 g/mol. The molecule has 13 heavy (non-hydrogen) atoms. The molecule has 0 bridgehead atoms. The average Bonchev–Trinajstić information content (AvgIpc) is 2.49. The summed E-state index contributed by atoms with van der Waals surface area (Å²) in [6.45, 7) is 2.60. The van der Waals surface area contributed by atoms with Crippen LogP contribution in [0.3, 0.4) is 0 Å². The van der Waals surface area contributed by atoms with Crippen LogP contribution in [0, 0.1) is 5.41 Å². The SMILES string of the molecule is N=C(N)CN1CCc2sccc2C1. The first-order valence-corrected chi connectivity index (χ1v) is 5.24. The molecule has 1 aromatic rings. The van der Waals surface area contributed by atoms with Crippen LogP contribution in [0.25, 0.3) is 0 Å². The summed E-state index contributed by atoms with van der Waals surface area (Å²) in [4.78, 5) is 3.72. The summed E-state index contributed by atoms with van der Waals surface area (Å²) in [5.74, 6) is 0.263. The minimum atomic E-state index is 0.263. The van der Waals surface area contributed by atoms with Crippen molar-refractivity contribution in [2.75, 3.05) is 13.1 Å². The van der Waals surface area contributed by atoms with Crippen LogP contribution in [-0.2, 0) is 13.0 Å². The first-order valence-electron chi connectivity index (χ1n) is 4.36. The predicted octanol–water partition coefficient (Wildman–Crippen LogP) is 1.04. The van der Waals surface area contributed by atoms with E-state index in [0.29, 0.717) is 6.54 Å². The minimum Gasteiger partial charge on any atom is -0.387 e. The second-order valence-corrected chi connectivity index (χ2v) is 4.36. The molecule has 0 unspecified atom stereocenters. The van der Waals surface area contributed by atoms with Gasteiger partial charge in [0.25, 0.3) is 0 Å². The molecule has 3 nitrogen and oxygen atoms in total. The second-order valence-electron chi connectivity index (χ2n) is 3.35. The van der Waals surface area contributed by atoms with Gasteiger partial charge in [-0.2, -0.15) is 0 Å². The zero-order valence-electron chi connectivity index (χ0n) is 7.42. The van der Waals surface area contributed by atoms with Crippen LogP contribution >= 0.6 is 11.3 Å². The molecule has 0 aromatic carbocycles. The highest BCUT2D eigenvalue weighted by atomic mass is 32.1. The maximum absolute atomic E-state index is 7.22. The lowest BCUT2D eigenvalue weighted by Gasteiger charge is -2.25. The number of rotatable bonds is 2. The van der Waals surface area contributed by atoms with Crippen LogP contribution in [0.1, 0.15) is 10.4 Å². The van der Waals surface area contributed by atoms with Gasteiger partial charge in [0.05, 0.1) is 6.54 Å². The van der Waals surface area contributed by atoms with Gasteiger partial charge in [0.15, 0.2) is 0 Å². The van der Waals surface area contributed by atoms with E-state index in [2.05, 4.69) is 16.3 Å². The Labute approximate surface area is 81.7 Å². The van der Waals surface area contributed by atoms with Gasteiger partial charge in [-0.15, -0.1) is 11.3 Å². The molecule has 3 N–H and O–H groups in total. The molecule has 1 aliphatic rings. The second kappa shape index (κ2) is 3.47. The summed E-state index contributed by atoms with van der Waals surface area (Å²) in [7, 11) is 0. The predicted molar refractivity (Wildman–Crippen MR) is 55.2 cm³/mol. The van der Waals surface area contributed by atoms with Crippen molar-refractivity contribution in [3.63, 3.8) is 0 Å². The summed E-state index contributed by atoms with van der Waals surface area (Å²) < 4.78 is 0. The summed E-state index contributed by atoms with van der Waals surface area (Å²) in [6.07, 6.45) is 1.11. The van der Waals surface area contributed by atoms with Gasteiger partial charge < -0.3 is 5.73 Å². The van der Waals surface area contributed by atoms with Crippen molar-refractivity contribution in [2.45, 2.75) is 13.0 Å². The quantitative estimate of drug-likeness (QED) is 0.547. The van der Waals surface area contributed by atoms with Crippen molar-refractivity contribution in [1.82, 2.24) is 4.90 Å². The van der Waals surface area contributed by atoms with Gasteiger partial charge in [-0.3, -0.25) is 10.3 Å². The minimum absolute atomic E-state index is 0.263. The zero-order valence-corrected chi connectivity index (χ0v) is 8.23. The molecule has 0 saturated heterocycles. The fourth-order valence-corrected chi connectivity index (χ4v) is 2.57. The monoisotopic (exact) mass is 195 g/mol. The molecule has 0 atom stereocenters. The van der Waals surface area contributed by atoms with Crippen LogP contribution in [0.4, 0.5) is 0 Å². The van der Waals surface area contributed by atoms with E-state index in [9.17, 15) is 0 Å². The molecule has 0 aliphatic carbocycles. The van der Waals surface area contributed by atoms with Crippen molar-refractivity contribution in [2.24, 2.45) is 5.73 Å². The first-order chi connectivity index (χ1) is 6.25. The Morgan fingerprint density at radius 2 is 2.54 bits per heavy atom. The third-order valence-electron chi connectivity index (χ3n) is 2.28. The Morgan fingerprint density at radius 1 is 1.69 bits per heavy atom. The summed E-state index contributed by atoms with van der Waals surface area (Å²) >= 11 is 1.83. The molecule has 4 heteroatoms. The third kappa shape index (κ3) is 1.89. The zero-order chi connectivity index (χ0) is 9.26. The topological polar surface area (TPSA) is 53.1 Å². The highest BCUT2D eigenvalue weighted by molar-refractivity contribution is 7.10. The van der Waals surface area contributed by atoms with Gasteiger partial charge in [-0.25, -0.2) is 0 Å². The highest BCUT2D eigenvalue weighted by Gasteiger charge is 2.16. The van der Waals surface area contributed by atoms with Crippen LogP contribution in [0.2, 0.25) is 0 Å². The van der Waals surface area contributed by atoms with Gasteiger partial charge in [0, 0.05) is 18.0 Å². The highest BCUT2D eigenvalue weighted by Crippen LogP contribution is 2.23. The molecule has 0 radical (unpaired) electrons. The lowest BCUT2D eigenvalue weighted by atomic mass is 10.1. The first kappa shape index (κ1) is 8.72. The molecule has 0 fully saturated rings. The van der Waals surface area contributed by atoms with Gasteiger partial charge >= 0.3 is 0 Å². The van der Waals surface area contributed by atoms with Gasteiger partial charge in [0.2, 0.25) is 0 Å². The van der Waals surface area contributed by atoms with E-state index in [1.165, 1.54) is 10.4 Å².